The number of carboxylic acids is 1. The molecule has 0 aliphatic heterocycles. The van der Waals surface area contributed by atoms with Gasteiger partial charge in [-0.2, -0.15) is 0 Å². The fourth-order valence-electron chi connectivity index (χ4n) is 1.65. The Balaban J connectivity index is 4.43. The number of hydrogen-bond donors (Lipinski definition) is 1. The lowest BCUT2D eigenvalue weighted by atomic mass is 10.0. The highest BCUT2D eigenvalue weighted by Crippen LogP contribution is 2.17. The van der Waals surface area contributed by atoms with Crippen LogP contribution in [-0.2, 0) is 4.79 Å². The molecule has 0 saturated carbocycles. The van der Waals surface area contributed by atoms with Gasteiger partial charge in [0.05, 0.1) is 0 Å². The van der Waals surface area contributed by atoms with E-state index in [4.69, 9.17) is 5.11 Å². The van der Waals surface area contributed by atoms with E-state index in [9.17, 15) is 4.79 Å². The highest BCUT2D eigenvalue weighted by molar-refractivity contribution is 5.74. The van der Waals surface area contributed by atoms with Crippen LogP contribution < -0.4 is 0 Å². The SMILES string of the molecule is C=C(CCCC)N(C)C(C(=O)O)C(C)C. The molecule has 0 aromatic carbocycles. The van der Waals surface area contributed by atoms with Gasteiger partial charge in [-0.3, -0.25) is 0 Å². The average Bonchev–Trinajstić information content (AvgIpc) is 2.12. The standard InChI is InChI=1S/C12H23NO2/c1-6-7-8-10(4)13(5)11(9(2)3)12(14)15/h9,11H,4,6-8H2,1-3,5H3,(H,14,15). The van der Waals surface area contributed by atoms with Gasteiger partial charge in [-0.25, -0.2) is 4.79 Å². The first-order chi connectivity index (χ1) is 6.91. The monoisotopic (exact) mass is 213 g/mol. The largest absolute Gasteiger partial charge is 0.480 e. The number of unbranched alkanes of at least 4 members (excludes halogenated alkanes) is 1. The zero-order valence-corrected chi connectivity index (χ0v) is 10.3. The van der Waals surface area contributed by atoms with Gasteiger partial charge in [0.1, 0.15) is 6.04 Å². The Labute approximate surface area is 92.8 Å². The van der Waals surface area contributed by atoms with Crippen molar-refractivity contribution in [2.24, 2.45) is 5.92 Å². The van der Waals surface area contributed by atoms with Crippen LogP contribution in [0.25, 0.3) is 0 Å². The third-order valence-electron chi connectivity index (χ3n) is 2.62. The number of carboxylic acid groups (broad SMARTS) is 1. The van der Waals surface area contributed by atoms with Crippen LogP contribution in [0.3, 0.4) is 0 Å². The van der Waals surface area contributed by atoms with Crippen LogP contribution in [-0.4, -0.2) is 29.1 Å². The number of aliphatic carboxylic acids is 1. The maximum absolute atomic E-state index is 11.1. The fourth-order valence-corrected chi connectivity index (χ4v) is 1.65. The molecule has 0 heterocycles. The summed E-state index contributed by atoms with van der Waals surface area (Å²) < 4.78 is 0. The number of rotatable bonds is 7. The number of allylic oxidation sites excluding steroid dienone is 1. The van der Waals surface area contributed by atoms with E-state index >= 15 is 0 Å². The van der Waals surface area contributed by atoms with E-state index in [0.29, 0.717) is 0 Å². The lowest BCUT2D eigenvalue weighted by molar-refractivity contribution is -0.143. The molecule has 0 saturated heterocycles. The summed E-state index contributed by atoms with van der Waals surface area (Å²) in [5.41, 5.74) is 0.915. The Morgan fingerprint density at radius 2 is 2.00 bits per heavy atom. The lowest BCUT2D eigenvalue weighted by Gasteiger charge is -2.31. The summed E-state index contributed by atoms with van der Waals surface area (Å²) in [6, 6.07) is -0.464. The number of likely N-dealkylation sites (N-methyl/N-ethyl adjacent to an activating group) is 1. The molecule has 15 heavy (non-hydrogen) atoms. The lowest BCUT2D eigenvalue weighted by Crippen LogP contribution is -2.41. The quantitative estimate of drug-likeness (QED) is 0.707. The molecule has 3 heteroatoms. The van der Waals surface area contributed by atoms with Crippen LogP contribution in [0.15, 0.2) is 12.3 Å². The summed E-state index contributed by atoms with van der Waals surface area (Å²) in [6.07, 6.45) is 3.05. The Morgan fingerprint density at radius 1 is 1.47 bits per heavy atom. The summed E-state index contributed by atoms with van der Waals surface area (Å²) in [6.45, 7) is 9.89. The predicted octanol–water partition coefficient (Wildman–Crippen LogP) is 2.73. The molecular formula is C12H23NO2. The average molecular weight is 213 g/mol. The fraction of sp³-hybridized carbons (Fsp3) is 0.750. The van der Waals surface area contributed by atoms with Gasteiger partial charge >= 0.3 is 5.97 Å². The summed E-state index contributed by atoms with van der Waals surface area (Å²) in [7, 11) is 1.82. The topological polar surface area (TPSA) is 40.5 Å². The van der Waals surface area contributed by atoms with E-state index in [1.54, 1.807) is 4.90 Å². The summed E-state index contributed by atoms with van der Waals surface area (Å²) >= 11 is 0. The molecule has 0 spiro atoms. The van der Waals surface area contributed by atoms with Gasteiger partial charge in [0.2, 0.25) is 0 Å². The molecule has 0 fully saturated rings. The maximum Gasteiger partial charge on any atom is 0.326 e. The highest BCUT2D eigenvalue weighted by Gasteiger charge is 2.26. The van der Waals surface area contributed by atoms with E-state index in [2.05, 4.69) is 13.5 Å². The van der Waals surface area contributed by atoms with Gasteiger partial charge in [0, 0.05) is 12.7 Å². The van der Waals surface area contributed by atoms with Crippen molar-refractivity contribution in [3.63, 3.8) is 0 Å². The number of nitrogens with zero attached hydrogens (tertiary/aromatic N) is 1. The van der Waals surface area contributed by atoms with Crippen LogP contribution in [0.1, 0.15) is 40.0 Å². The summed E-state index contributed by atoms with van der Waals surface area (Å²) in [5.74, 6) is -0.684. The van der Waals surface area contributed by atoms with Gasteiger partial charge in [-0.1, -0.05) is 33.8 Å². The molecule has 0 aromatic heterocycles. The van der Waals surface area contributed by atoms with Gasteiger partial charge in [-0.15, -0.1) is 0 Å². The second kappa shape index (κ2) is 6.49. The van der Waals surface area contributed by atoms with Crippen molar-refractivity contribution in [1.82, 2.24) is 4.90 Å². The summed E-state index contributed by atoms with van der Waals surface area (Å²) in [5, 5.41) is 9.11. The summed E-state index contributed by atoms with van der Waals surface area (Å²) in [4.78, 5) is 12.9. The smallest absolute Gasteiger partial charge is 0.326 e. The van der Waals surface area contributed by atoms with Crippen LogP contribution in [0.5, 0.6) is 0 Å². The normalized spacial score (nSPS) is 12.6. The van der Waals surface area contributed by atoms with E-state index < -0.39 is 12.0 Å². The van der Waals surface area contributed by atoms with Crippen LogP contribution in [0, 0.1) is 5.92 Å². The molecule has 1 atom stereocenters. The first kappa shape index (κ1) is 14.0. The third-order valence-corrected chi connectivity index (χ3v) is 2.62. The second-order valence-corrected chi connectivity index (χ2v) is 4.31. The van der Waals surface area contributed by atoms with Gasteiger partial charge in [-0.05, 0) is 18.8 Å². The van der Waals surface area contributed by atoms with Crippen molar-refractivity contribution < 1.29 is 9.90 Å². The minimum atomic E-state index is -0.773. The predicted molar refractivity (Wildman–Crippen MR) is 62.7 cm³/mol. The van der Waals surface area contributed by atoms with Gasteiger partial charge in [0.25, 0.3) is 0 Å². The third kappa shape index (κ3) is 4.36. The first-order valence-electron chi connectivity index (χ1n) is 5.55. The Hall–Kier alpha value is -0.990. The highest BCUT2D eigenvalue weighted by atomic mass is 16.4. The van der Waals surface area contributed by atoms with Crippen molar-refractivity contribution in [2.45, 2.75) is 46.1 Å². The zero-order chi connectivity index (χ0) is 12.0. The minimum absolute atomic E-state index is 0.0888. The molecule has 0 radical (unpaired) electrons. The van der Waals surface area contributed by atoms with E-state index in [1.807, 2.05) is 20.9 Å². The van der Waals surface area contributed by atoms with Crippen LogP contribution >= 0.6 is 0 Å². The molecule has 1 unspecified atom stereocenters. The number of carbonyl (C=O) groups is 1. The van der Waals surface area contributed by atoms with Crippen molar-refractivity contribution >= 4 is 5.97 Å². The molecule has 88 valence electrons. The van der Waals surface area contributed by atoms with E-state index in [-0.39, 0.29) is 5.92 Å². The van der Waals surface area contributed by atoms with Gasteiger partial charge < -0.3 is 10.0 Å². The van der Waals surface area contributed by atoms with E-state index in [0.717, 1.165) is 25.0 Å². The maximum atomic E-state index is 11.1. The van der Waals surface area contributed by atoms with Crippen molar-refractivity contribution in [1.29, 1.82) is 0 Å². The van der Waals surface area contributed by atoms with Crippen molar-refractivity contribution in [3.05, 3.63) is 12.3 Å². The van der Waals surface area contributed by atoms with Crippen LogP contribution in [0.2, 0.25) is 0 Å². The Bertz CT molecular complexity index is 224. The van der Waals surface area contributed by atoms with Crippen molar-refractivity contribution in [2.75, 3.05) is 7.05 Å². The molecule has 3 nitrogen and oxygen atoms in total. The zero-order valence-electron chi connectivity index (χ0n) is 10.3. The van der Waals surface area contributed by atoms with Gasteiger partial charge in [0.15, 0.2) is 0 Å². The second-order valence-electron chi connectivity index (χ2n) is 4.31. The van der Waals surface area contributed by atoms with Crippen LogP contribution in [0.4, 0.5) is 0 Å². The molecule has 0 amide bonds. The van der Waals surface area contributed by atoms with Crippen molar-refractivity contribution in [3.8, 4) is 0 Å². The minimum Gasteiger partial charge on any atom is -0.480 e. The molecule has 0 aliphatic carbocycles. The number of hydrogen-bond acceptors (Lipinski definition) is 2. The molecule has 0 rings (SSSR count). The molecule has 0 bridgehead atoms. The Morgan fingerprint density at radius 3 is 2.33 bits per heavy atom. The van der Waals surface area contributed by atoms with E-state index in [1.165, 1.54) is 0 Å². The first-order valence-corrected chi connectivity index (χ1v) is 5.55. The molecule has 0 aliphatic rings. The molecule has 0 aromatic rings. The molecule has 1 N–H and O–H groups in total. The molecular weight excluding hydrogens is 190 g/mol. The Kier molecular flexibility index (Phi) is 6.06.